The van der Waals surface area contributed by atoms with Gasteiger partial charge in [-0.05, 0) is 44.4 Å². The van der Waals surface area contributed by atoms with Gasteiger partial charge < -0.3 is 9.32 Å². The molecule has 1 aromatic rings. The van der Waals surface area contributed by atoms with Crippen molar-refractivity contribution in [2.24, 2.45) is 0 Å². The molecule has 0 bridgehead atoms. The van der Waals surface area contributed by atoms with Crippen molar-refractivity contribution in [1.29, 1.82) is 0 Å². The Labute approximate surface area is 124 Å². The standard InChI is InChI=1S/C15H19NO4S/c1-11-2-5-14(20-11)6-7-15(17)16(12-3-4-12)13-8-9-21(18,19)10-13/h2,5-7,12-13H,3-4,8-10H2,1H3/b7-6+. The van der Waals surface area contributed by atoms with Crippen molar-refractivity contribution < 1.29 is 17.6 Å². The zero-order chi connectivity index (χ0) is 15.0. The molecule has 0 spiro atoms. The summed E-state index contributed by atoms with van der Waals surface area (Å²) in [6, 6.07) is 3.68. The average Bonchev–Trinajstić information content (AvgIpc) is 3.05. The van der Waals surface area contributed by atoms with Crippen molar-refractivity contribution in [3.63, 3.8) is 0 Å². The van der Waals surface area contributed by atoms with Crippen LogP contribution < -0.4 is 0 Å². The number of hydrogen-bond acceptors (Lipinski definition) is 4. The van der Waals surface area contributed by atoms with Crippen LogP contribution in [0.1, 0.15) is 30.8 Å². The van der Waals surface area contributed by atoms with Crippen molar-refractivity contribution >= 4 is 21.8 Å². The van der Waals surface area contributed by atoms with E-state index in [4.69, 9.17) is 4.42 Å². The molecule has 3 rings (SSSR count). The van der Waals surface area contributed by atoms with Gasteiger partial charge in [-0.25, -0.2) is 8.42 Å². The highest BCUT2D eigenvalue weighted by atomic mass is 32.2. The second-order valence-electron chi connectivity index (χ2n) is 5.82. The minimum atomic E-state index is -2.98. The molecule has 1 atom stereocenters. The third kappa shape index (κ3) is 3.37. The predicted octanol–water partition coefficient (Wildman–Crippen LogP) is 1.78. The lowest BCUT2D eigenvalue weighted by Crippen LogP contribution is -2.41. The maximum atomic E-state index is 12.4. The van der Waals surface area contributed by atoms with Crippen molar-refractivity contribution in [2.45, 2.75) is 38.3 Å². The first-order valence-electron chi connectivity index (χ1n) is 7.22. The Morgan fingerprint density at radius 2 is 2.05 bits per heavy atom. The lowest BCUT2D eigenvalue weighted by atomic mass is 10.2. The lowest BCUT2D eigenvalue weighted by Gasteiger charge is -2.27. The monoisotopic (exact) mass is 309 g/mol. The molecule has 114 valence electrons. The molecular formula is C15H19NO4S. The van der Waals surface area contributed by atoms with E-state index in [1.807, 2.05) is 13.0 Å². The van der Waals surface area contributed by atoms with E-state index in [9.17, 15) is 13.2 Å². The highest BCUT2D eigenvalue weighted by Crippen LogP contribution is 2.32. The molecule has 0 N–H and O–H groups in total. The van der Waals surface area contributed by atoms with Crippen molar-refractivity contribution in [3.8, 4) is 0 Å². The van der Waals surface area contributed by atoms with E-state index in [2.05, 4.69) is 0 Å². The summed E-state index contributed by atoms with van der Waals surface area (Å²) in [6.07, 6.45) is 5.62. The number of carbonyl (C=O) groups is 1. The molecule has 1 saturated heterocycles. The predicted molar refractivity (Wildman–Crippen MR) is 79.4 cm³/mol. The molecule has 1 aromatic heterocycles. The summed E-state index contributed by atoms with van der Waals surface area (Å²) in [6.45, 7) is 1.85. The van der Waals surface area contributed by atoms with Gasteiger partial charge in [0.15, 0.2) is 9.84 Å². The average molecular weight is 309 g/mol. The van der Waals surface area contributed by atoms with E-state index in [0.717, 1.165) is 18.6 Å². The number of sulfone groups is 1. The number of nitrogens with zero attached hydrogens (tertiary/aromatic N) is 1. The highest BCUT2D eigenvalue weighted by Gasteiger charge is 2.41. The number of rotatable bonds is 4. The number of furan rings is 1. The first-order chi connectivity index (χ1) is 9.94. The van der Waals surface area contributed by atoms with Crippen LogP contribution in [0.15, 0.2) is 22.6 Å². The van der Waals surface area contributed by atoms with Gasteiger partial charge in [0.1, 0.15) is 11.5 Å². The Balaban J connectivity index is 1.72. The van der Waals surface area contributed by atoms with E-state index in [-0.39, 0.29) is 29.5 Å². The summed E-state index contributed by atoms with van der Waals surface area (Å²) in [7, 11) is -2.98. The second kappa shape index (κ2) is 5.33. The van der Waals surface area contributed by atoms with E-state index >= 15 is 0 Å². The molecule has 1 aliphatic heterocycles. The molecule has 1 amide bonds. The molecule has 1 unspecified atom stereocenters. The summed E-state index contributed by atoms with van der Waals surface area (Å²) in [5.74, 6) is 1.60. The van der Waals surface area contributed by atoms with E-state index in [1.54, 1.807) is 17.0 Å². The zero-order valence-electron chi connectivity index (χ0n) is 12.0. The molecule has 1 aliphatic carbocycles. The van der Waals surface area contributed by atoms with Crippen molar-refractivity contribution in [3.05, 3.63) is 29.7 Å². The maximum Gasteiger partial charge on any atom is 0.247 e. The summed E-state index contributed by atoms with van der Waals surface area (Å²) in [5, 5.41) is 0. The van der Waals surface area contributed by atoms with Gasteiger partial charge in [0.05, 0.1) is 11.5 Å². The van der Waals surface area contributed by atoms with Crippen molar-refractivity contribution in [1.82, 2.24) is 4.90 Å². The van der Waals surface area contributed by atoms with Gasteiger partial charge in [0, 0.05) is 18.2 Å². The topological polar surface area (TPSA) is 67.6 Å². The lowest BCUT2D eigenvalue weighted by molar-refractivity contribution is -0.128. The van der Waals surface area contributed by atoms with E-state index in [1.165, 1.54) is 6.08 Å². The third-order valence-electron chi connectivity index (χ3n) is 3.95. The first-order valence-corrected chi connectivity index (χ1v) is 9.04. The molecule has 1 saturated carbocycles. The smallest absolute Gasteiger partial charge is 0.247 e. The number of aryl methyl sites for hydroxylation is 1. The second-order valence-corrected chi connectivity index (χ2v) is 8.04. The van der Waals surface area contributed by atoms with Gasteiger partial charge in [-0.3, -0.25) is 4.79 Å². The Hall–Kier alpha value is -1.56. The molecule has 0 radical (unpaired) electrons. The fourth-order valence-electron chi connectivity index (χ4n) is 2.79. The molecule has 2 heterocycles. The zero-order valence-corrected chi connectivity index (χ0v) is 12.8. The molecule has 0 aromatic carbocycles. The molecular weight excluding hydrogens is 290 g/mol. The summed E-state index contributed by atoms with van der Waals surface area (Å²) >= 11 is 0. The normalized spacial score (nSPS) is 24.5. The summed E-state index contributed by atoms with van der Waals surface area (Å²) in [4.78, 5) is 14.2. The fourth-order valence-corrected chi connectivity index (χ4v) is 4.50. The maximum absolute atomic E-state index is 12.4. The van der Waals surface area contributed by atoms with Crippen LogP contribution in [0.4, 0.5) is 0 Å². The van der Waals surface area contributed by atoms with Gasteiger partial charge in [-0.1, -0.05) is 0 Å². The Morgan fingerprint density at radius 1 is 1.29 bits per heavy atom. The number of amides is 1. The van der Waals surface area contributed by atoms with Gasteiger partial charge in [-0.2, -0.15) is 0 Å². The quantitative estimate of drug-likeness (QED) is 0.795. The van der Waals surface area contributed by atoms with Crippen molar-refractivity contribution in [2.75, 3.05) is 11.5 Å². The Morgan fingerprint density at radius 3 is 2.57 bits per heavy atom. The van der Waals surface area contributed by atoms with Gasteiger partial charge >= 0.3 is 0 Å². The fraction of sp³-hybridized carbons (Fsp3) is 0.533. The van der Waals surface area contributed by atoms with Crippen LogP contribution in [0.2, 0.25) is 0 Å². The van der Waals surface area contributed by atoms with Gasteiger partial charge in [0.25, 0.3) is 0 Å². The van der Waals surface area contributed by atoms with Crippen LogP contribution in [-0.2, 0) is 14.6 Å². The van der Waals surface area contributed by atoms with Crippen LogP contribution in [0.5, 0.6) is 0 Å². The Kier molecular flexibility index (Phi) is 3.65. The third-order valence-corrected chi connectivity index (χ3v) is 5.70. The molecule has 2 fully saturated rings. The molecule has 21 heavy (non-hydrogen) atoms. The number of carbonyl (C=O) groups excluding carboxylic acids is 1. The first kappa shape index (κ1) is 14.4. The van der Waals surface area contributed by atoms with E-state index < -0.39 is 9.84 Å². The largest absolute Gasteiger partial charge is 0.462 e. The highest BCUT2D eigenvalue weighted by molar-refractivity contribution is 7.91. The van der Waals surface area contributed by atoms with Crippen LogP contribution >= 0.6 is 0 Å². The molecule has 2 aliphatic rings. The SMILES string of the molecule is Cc1ccc(/C=C/C(=O)N(C2CC2)C2CCS(=O)(=O)C2)o1. The molecule has 6 heteroatoms. The van der Waals surface area contributed by atoms with Crippen LogP contribution in [0.3, 0.4) is 0 Å². The van der Waals surface area contributed by atoms with Crippen LogP contribution in [0.25, 0.3) is 6.08 Å². The number of hydrogen-bond donors (Lipinski definition) is 0. The summed E-state index contributed by atoms with van der Waals surface area (Å²) in [5.41, 5.74) is 0. The Bertz CT molecular complexity index is 670. The minimum Gasteiger partial charge on any atom is -0.462 e. The van der Waals surface area contributed by atoms with E-state index in [0.29, 0.717) is 12.2 Å². The summed E-state index contributed by atoms with van der Waals surface area (Å²) < 4.78 is 28.6. The van der Waals surface area contributed by atoms with Crippen LogP contribution in [0, 0.1) is 6.92 Å². The van der Waals surface area contributed by atoms with Gasteiger partial charge in [0.2, 0.25) is 5.91 Å². The van der Waals surface area contributed by atoms with Crippen LogP contribution in [-0.4, -0.2) is 42.8 Å². The molecule has 5 nitrogen and oxygen atoms in total. The minimum absolute atomic E-state index is 0.100. The van der Waals surface area contributed by atoms with Gasteiger partial charge in [-0.15, -0.1) is 0 Å².